The van der Waals surface area contributed by atoms with Gasteiger partial charge < -0.3 is 14.2 Å². The van der Waals surface area contributed by atoms with Crippen molar-refractivity contribution in [3.63, 3.8) is 0 Å². The van der Waals surface area contributed by atoms with E-state index in [1.54, 1.807) is 50.6 Å². The van der Waals surface area contributed by atoms with E-state index in [-0.39, 0.29) is 24.5 Å². The number of nitriles is 1. The van der Waals surface area contributed by atoms with Crippen molar-refractivity contribution in [2.75, 3.05) is 25.2 Å². The molecule has 136 valence electrons. The molecule has 8 heteroatoms. The number of hydrogen-bond acceptors (Lipinski definition) is 8. The van der Waals surface area contributed by atoms with E-state index in [4.69, 9.17) is 14.2 Å². The number of methoxy groups -OCH3 is 1. The fraction of sp³-hybridized carbons (Fsp3) is 0.278. The number of anilines is 1. The maximum Gasteiger partial charge on any atom is 0.355 e. The fourth-order valence-electron chi connectivity index (χ4n) is 2.21. The van der Waals surface area contributed by atoms with E-state index in [9.17, 15) is 14.9 Å². The molecule has 0 saturated carbocycles. The van der Waals surface area contributed by atoms with Crippen LogP contribution in [-0.4, -0.2) is 32.3 Å². The predicted molar refractivity (Wildman–Crippen MR) is 97.1 cm³/mol. The van der Waals surface area contributed by atoms with Crippen molar-refractivity contribution in [2.24, 2.45) is 0 Å². The molecule has 7 nitrogen and oxygen atoms in total. The maximum absolute atomic E-state index is 12.3. The van der Waals surface area contributed by atoms with Crippen LogP contribution in [0.1, 0.15) is 13.8 Å². The van der Waals surface area contributed by atoms with Gasteiger partial charge >= 0.3 is 11.9 Å². The van der Waals surface area contributed by atoms with Crippen LogP contribution in [0.25, 0.3) is 0 Å². The molecule has 2 rings (SSSR count). The van der Waals surface area contributed by atoms with E-state index in [0.717, 1.165) is 11.8 Å². The highest BCUT2D eigenvalue weighted by Gasteiger charge is 2.33. The first-order valence-electron chi connectivity index (χ1n) is 7.86. The molecule has 0 saturated heterocycles. The van der Waals surface area contributed by atoms with Gasteiger partial charge in [-0.1, -0.05) is 11.8 Å². The minimum Gasteiger partial charge on any atom is -0.497 e. The van der Waals surface area contributed by atoms with Crippen molar-refractivity contribution in [3.8, 4) is 11.8 Å². The average Bonchev–Trinajstić information content (AvgIpc) is 3.07. The van der Waals surface area contributed by atoms with Crippen LogP contribution < -0.4 is 9.64 Å². The number of benzene rings is 1. The summed E-state index contributed by atoms with van der Waals surface area (Å²) < 4.78 is 15.2. The molecule has 1 aromatic rings. The van der Waals surface area contributed by atoms with Crippen LogP contribution in [0.3, 0.4) is 0 Å². The van der Waals surface area contributed by atoms with Gasteiger partial charge in [0.2, 0.25) is 0 Å². The molecule has 0 atom stereocenters. The highest BCUT2D eigenvalue weighted by atomic mass is 32.2. The van der Waals surface area contributed by atoms with E-state index >= 15 is 0 Å². The van der Waals surface area contributed by atoms with Gasteiger partial charge in [0.15, 0.2) is 5.57 Å². The summed E-state index contributed by atoms with van der Waals surface area (Å²) in [5, 5.41) is 11.3. The number of carbonyl (C=O) groups is 2. The Morgan fingerprint density at radius 1 is 1.15 bits per heavy atom. The lowest BCUT2D eigenvalue weighted by molar-refractivity contribution is -0.139. The Bertz CT molecular complexity index is 793. The van der Waals surface area contributed by atoms with Crippen LogP contribution in [0.15, 0.2) is 46.0 Å². The number of nitrogens with zero attached hydrogens (tertiary/aromatic N) is 2. The van der Waals surface area contributed by atoms with Gasteiger partial charge in [0.1, 0.15) is 22.5 Å². The number of rotatable bonds is 6. The molecule has 1 aliphatic heterocycles. The van der Waals surface area contributed by atoms with Gasteiger partial charge in [-0.2, -0.15) is 5.26 Å². The maximum atomic E-state index is 12.3. The highest BCUT2D eigenvalue weighted by molar-refractivity contribution is 8.06. The van der Waals surface area contributed by atoms with E-state index in [0.29, 0.717) is 16.5 Å². The van der Waals surface area contributed by atoms with Gasteiger partial charge in [0.25, 0.3) is 0 Å². The second-order valence-electron chi connectivity index (χ2n) is 4.89. The molecule has 1 aliphatic rings. The summed E-state index contributed by atoms with van der Waals surface area (Å²) in [6, 6.07) is 8.75. The molecular weight excluding hydrogens is 356 g/mol. The number of thioether (sulfide) groups is 1. The molecule has 0 radical (unpaired) electrons. The second-order valence-corrected chi connectivity index (χ2v) is 5.75. The summed E-state index contributed by atoms with van der Waals surface area (Å²) in [7, 11) is 1.55. The van der Waals surface area contributed by atoms with Crippen molar-refractivity contribution in [2.45, 2.75) is 13.8 Å². The molecule has 1 aromatic carbocycles. The minimum atomic E-state index is -0.741. The quantitative estimate of drug-likeness (QED) is 0.427. The third-order valence-electron chi connectivity index (χ3n) is 3.35. The Hall–Kier alpha value is -2.92. The lowest BCUT2D eigenvalue weighted by Gasteiger charge is -2.23. The zero-order valence-corrected chi connectivity index (χ0v) is 15.5. The molecule has 0 amide bonds. The largest absolute Gasteiger partial charge is 0.497 e. The topological polar surface area (TPSA) is 88.9 Å². The Morgan fingerprint density at radius 2 is 1.81 bits per heavy atom. The van der Waals surface area contributed by atoms with Crippen LogP contribution in [0.4, 0.5) is 5.69 Å². The Morgan fingerprint density at radius 3 is 2.35 bits per heavy atom. The Balaban J connectivity index is 2.53. The summed E-state index contributed by atoms with van der Waals surface area (Å²) >= 11 is 1.09. The highest BCUT2D eigenvalue weighted by Crippen LogP contribution is 2.41. The molecule has 26 heavy (non-hydrogen) atoms. The van der Waals surface area contributed by atoms with Crippen molar-refractivity contribution in [3.05, 3.63) is 46.0 Å². The van der Waals surface area contributed by atoms with Crippen LogP contribution in [0.2, 0.25) is 0 Å². The predicted octanol–water partition coefficient (Wildman–Crippen LogP) is 2.95. The van der Waals surface area contributed by atoms with E-state index < -0.39 is 11.9 Å². The number of esters is 2. The van der Waals surface area contributed by atoms with E-state index in [1.165, 1.54) is 4.90 Å². The average molecular weight is 374 g/mol. The lowest BCUT2D eigenvalue weighted by atomic mass is 10.2. The summed E-state index contributed by atoms with van der Waals surface area (Å²) in [5.41, 5.74) is 0.624. The molecule has 1 heterocycles. The van der Waals surface area contributed by atoms with Crippen LogP contribution in [0.5, 0.6) is 5.75 Å². The summed E-state index contributed by atoms with van der Waals surface area (Å²) in [6.07, 6.45) is 0. The molecule has 0 spiro atoms. The summed E-state index contributed by atoms with van der Waals surface area (Å²) in [6.45, 7) is 3.71. The van der Waals surface area contributed by atoms with E-state index in [1.807, 2.05) is 6.07 Å². The van der Waals surface area contributed by atoms with Gasteiger partial charge in [-0.3, -0.25) is 4.90 Å². The molecule has 0 bridgehead atoms. The molecule has 0 unspecified atom stereocenters. The third kappa shape index (κ3) is 4.00. The Kier molecular flexibility index (Phi) is 6.69. The molecule has 0 fully saturated rings. The standard InChI is InChI=1S/C18H18N2O5S/c1-4-24-17(21)14(10-19)16-20(12-6-8-13(23-3)9-7-12)15(11-26-16)18(22)25-5-2/h6-9,11H,4-5H2,1-3H3/b16-14-. The molecular formula is C18H18N2O5S. The Labute approximate surface area is 155 Å². The van der Waals surface area contributed by atoms with Gasteiger partial charge in [0.05, 0.1) is 20.3 Å². The van der Waals surface area contributed by atoms with Crippen LogP contribution >= 0.6 is 11.8 Å². The van der Waals surface area contributed by atoms with Crippen LogP contribution in [0, 0.1) is 11.3 Å². The zero-order chi connectivity index (χ0) is 19.1. The number of ether oxygens (including phenoxy) is 3. The molecule has 0 aromatic heterocycles. The summed E-state index contributed by atoms with van der Waals surface area (Å²) in [5.74, 6) is -0.653. The fourth-order valence-corrected chi connectivity index (χ4v) is 3.19. The lowest BCUT2D eigenvalue weighted by Crippen LogP contribution is -2.26. The van der Waals surface area contributed by atoms with Crippen molar-refractivity contribution in [1.29, 1.82) is 5.26 Å². The first-order chi connectivity index (χ1) is 12.6. The molecule has 0 aliphatic carbocycles. The van der Waals surface area contributed by atoms with Gasteiger partial charge in [0, 0.05) is 11.1 Å². The normalized spacial score (nSPS) is 15.0. The second kappa shape index (κ2) is 8.97. The van der Waals surface area contributed by atoms with Crippen LogP contribution in [-0.2, 0) is 19.1 Å². The summed E-state index contributed by atoms with van der Waals surface area (Å²) in [4.78, 5) is 26.0. The zero-order valence-electron chi connectivity index (χ0n) is 14.6. The number of carbonyl (C=O) groups excluding carboxylic acids is 2. The van der Waals surface area contributed by atoms with Crippen molar-refractivity contribution >= 4 is 29.4 Å². The van der Waals surface area contributed by atoms with Crippen molar-refractivity contribution in [1.82, 2.24) is 0 Å². The smallest absolute Gasteiger partial charge is 0.355 e. The monoisotopic (exact) mass is 374 g/mol. The first-order valence-corrected chi connectivity index (χ1v) is 8.74. The minimum absolute atomic E-state index is 0.142. The first kappa shape index (κ1) is 19.4. The third-order valence-corrected chi connectivity index (χ3v) is 4.30. The molecule has 0 N–H and O–H groups in total. The van der Waals surface area contributed by atoms with Crippen molar-refractivity contribution < 1.29 is 23.8 Å². The van der Waals surface area contributed by atoms with Gasteiger partial charge in [-0.15, -0.1) is 0 Å². The SMILES string of the molecule is CCOC(=O)C1=CS/C(=C(/C#N)C(=O)OCC)N1c1ccc(OC)cc1. The van der Waals surface area contributed by atoms with E-state index in [2.05, 4.69) is 0 Å². The van der Waals surface area contributed by atoms with Gasteiger partial charge in [-0.05, 0) is 38.1 Å². The number of hydrogen-bond donors (Lipinski definition) is 0. The van der Waals surface area contributed by atoms with Gasteiger partial charge in [-0.25, -0.2) is 9.59 Å².